The van der Waals surface area contributed by atoms with E-state index in [-0.39, 0.29) is 0 Å². The van der Waals surface area contributed by atoms with Gasteiger partial charge in [0.15, 0.2) is 0 Å². The largest absolute Gasteiger partial charge is 0.246 e. The lowest BCUT2D eigenvalue weighted by molar-refractivity contribution is 1.51. The van der Waals surface area contributed by atoms with Crippen molar-refractivity contribution < 1.29 is 0 Å². The number of fused-ring (bicyclic) bond motifs is 7. The smallest absolute Gasteiger partial charge is 0.0794 e. The summed E-state index contributed by atoms with van der Waals surface area (Å²) in [4.78, 5) is 5.32. The van der Waals surface area contributed by atoms with Crippen LogP contribution in [0.25, 0.3) is 65.3 Å². The number of nitrogens with zero attached hydrogens (tertiary/aromatic N) is 1. The highest BCUT2D eigenvalue weighted by atomic mass is 14.7. The molecule has 33 heavy (non-hydrogen) atoms. The average Bonchev–Trinajstić information content (AvgIpc) is 2.88. The first kappa shape index (κ1) is 18.4. The van der Waals surface area contributed by atoms with Crippen molar-refractivity contribution in [2.75, 3.05) is 0 Å². The van der Waals surface area contributed by atoms with Crippen LogP contribution in [0.15, 0.2) is 109 Å². The molecule has 7 rings (SSSR count). The molecule has 0 aliphatic carbocycles. The van der Waals surface area contributed by atoms with Crippen molar-refractivity contribution in [1.82, 2.24) is 4.98 Å². The molecule has 154 valence electrons. The second-order valence-electron chi connectivity index (χ2n) is 8.83. The van der Waals surface area contributed by atoms with E-state index in [0.29, 0.717) is 0 Å². The standard InChI is InChI=1S/C32H21N/c1-20-14-17-27(26-13-7-6-10-23(20)26)30-28-18-15-21-8-2-4-11-24(21)31(28)33-32-25-12-5-3-9-22(25)16-19-29(30)32/h2-19H,1H3. The molecule has 0 fully saturated rings. The molecule has 1 aromatic heterocycles. The van der Waals surface area contributed by atoms with Crippen molar-refractivity contribution in [2.45, 2.75) is 6.92 Å². The van der Waals surface area contributed by atoms with Crippen molar-refractivity contribution in [3.05, 3.63) is 115 Å². The highest BCUT2D eigenvalue weighted by Crippen LogP contribution is 2.42. The summed E-state index contributed by atoms with van der Waals surface area (Å²) in [5, 5.41) is 9.82. The quantitative estimate of drug-likeness (QED) is 0.191. The molecule has 0 bridgehead atoms. The van der Waals surface area contributed by atoms with E-state index in [1.807, 2.05) is 0 Å². The van der Waals surface area contributed by atoms with E-state index in [4.69, 9.17) is 4.98 Å². The van der Waals surface area contributed by atoms with Gasteiger partial charge in [0.05, 0.1) is 11.0 Å². The summed E-state index contributed by atoms with van der Waals surface area (Å²) in [6, 6.07) is 39.4. The van der Waals surface area contributed by atoms with Gasteiger partial charge in [-0.2, -0.15) is 0 Å². The fraction of sp³-hybridized carbons (Fsp3) is 0.0312. The number of benzene rings is 6. The van der Waals surface area contributed by atoms with E-state index in [2.05, 4.69) is 116 Å². The molecule has 0 N–H and O–H groups in total. The van der Waals surface area contributed by atoms with Gasteiger partial charge in [0.1, 0.15) is 0 Å². The number of hydrogen-bond donors (Lipinski definition) is 0. The summed E-state index contributed by atoms with van der Waals surface area (Å²) in [6.07, 6.45) is 0. The average molecular weight is 420 g/mol. The van der Waals surface area contributed by atoms with E-state index in [9.17, 15) is 0 Å². The lowest BCUT2D eigenvalue weighted by Crippen LogP contribution is -1.93. The molecule has 0 aliphatic rings. The first-order valence-corrected chi connectivity index (χ1v) is 11.4. The van der Waals surface area contributed by atoms with Crippen molar-refractivity contribution in [3.63, 3.8) is 0 Å². The first-order valence-electron chi connectivity index (χ1n) is 11.4. The maximum absolute atomic E-state index is 5.32. The number of aromatic nitrogens is 1. The van der Waals surface area contributed by atoms with E-state index < -0.39 is 0 Å². The predicted molar refractivity (Wildman–Crippen MR) is 142 cm³/mol. The zero-order valence-corrected chi connectivity index (χ0v) is 18.3. The molecule has 7 aromatic rings. The van der Waals surface area contributed by atoms with Crippen LogP contribution in [0.2, 0.25) is 0 Å². The Morgan fingerprint density at radius 3 is 1.55 bits per heavy atom. The fourth-order valence-corrected chi connectivity index (χ4v) is 5.37. The van der Waals surface area contributed by atoms with Gasteiger partial charge in [-0.15, -0.1) is 0 Å². The Morgan fingerprint density at radius 1 is 0.424 bits per heavy atom. The summed E-state index contributed by atoms with van der Waals surface area (Å²) in [7, 11) is 0. The Bertz CT molecular complexity index is 1780. The van der Waals surface area contributed by atoms with Gasteiger partial charge in [-0.3, -0.25) is 0 Å². The molecule has 1 heterocycles. The molecule has 0 aliphatic heterocycles. The lowest BCUT2D eigenvalue weighted by Gasteiger charge is -2.17. The third kappa shape index (κ3) is 2.63. The second-order valence-corrected chi connectivity index (χ2v) is 8.83. The molecular formula is C32H21N. The monoisotopic (exact) mass is 419 g/mol. The maximum Gasteiger partial charge on any atom is 0.0794 e. The van der Waals surface area contributed by atoms with Gasteiger partial charge in [0.2, 0.25) is 0 Å². The second kappa shape index (κ2) is 6.88. The van der Waals surface area contributed by atoms with Crippen LogP contribution in [0.1, 0.15) is 5.56 Å². The van der Waals surface area contributed by atoms with Crippen LogP contribution in [-0.2, 0) is 0 Å². The Hall–Kier alpha value is -4.23. The van der Waals surface area contributed by atoms with Crippen molar-refractivity contribution in [2.24, 2.45) is 0 Å². The molecule has 0 atom stereocenters. The molecule has 0 unspecified atom stereocenters. The molecule has 0 amide bonds. The van der Waals surface area contributed by atoms with Crippen LogP contribution in [0.5, 0.6) is 0 Å². The Balaban J connectivity index is 1.77. The van der Waals surface area contributed by atoms with Crippen molar-refractivity contribution in [1.29, 1.82) is 0 Å². The van der Waals surface area contributed by atoms with Crippen LogP contribution >= 0.6 is 0 Å². The molecule has 0 saturated heterocycles. The maximum atomic E-state index is 5.32. The SMILES string of the molecule is Cc1ccc(-c2c3ccc4ccccc4c3nc3c2ccc2ccccc23)c2ccccc12. The van der Waals surface area contributed by atoms with Gasteiger partial charge >= 0.3 is 0 Å². The summed E-state index contributed by atoms with van der Waals surface area (Å²) in [6.45, 7) is 2.19. The van der Waals surface area contributed by atoms with Gasteiger partial charge in [0, 0.05) is 27.1 Å². The predicted octanol–water partition coefficient (Wildman–Crippen LogP) is 8.82. The summed E-state index contributed by atoms with van der Waals surface area (Å²) in [5.74, 6) is 0. The zero-order valence-electron chi connectivity index (χ0n) is 18.3. The van der Waals surface area contributed by atoms with Gasteiger partial charge in [-0.25, -0.2) is 4.98 Å². The van der Waals surface area contributed by atoms with Gasteiger partial charge in [0.25, 0.3) is 0 Å². The Labute approximate surface area is 191 Å². The van der Waals surface area contributed by atoms with E-state index in [1.165, 1.54) is 59.8 Å². The van der Waals surface area contributed by atoms with Crippen LogP contribution in [0, 0.1) is 6.92 Å². The van der Waals surface area contributed by atoms with E-state index in [1.54, 1.807) is 0 Å². The minimum Gasteiger partial charge on any atom is -0.246 e. The number of pyridine rings is 1. The molecular weight excluding hydrogens is 398 g/mol. The number of hydrogen-bond acceptors (Lipinski definition) is 1. The van der Waals surface area contributed by atoms with Gasteiger partial charge < -0.3 is 0 Å². The molecule has 0 saturated carbocycles. The Kier molecular flexibility index (Phi) is 3.83. The first-order chi connectivity index (χ1) is 16.3. The van der Waals surface area contributed by atoms with Crippen LogP contribution in [0.4, 0.5) is 0 Å². The summed E-state index contributed by atoms with van der Waals surface area (Å²) < 4.78 is 0. The van der Waals surface area contributed by atoms with Gasteiger partial charge in [-0.1, -0.05) is 109 Å². The van der Waals surface area contributed by atoms with Gasteiger partial charge in [-0.05, 0) is 39.6 Å². The zero-order chi connectivity index (χ0) is 21.9. The van der Waals surface area contributed by atoms with Crippen molar-refractivity contribution >= 4 is 54.1 Å². The van der Waals surface area contributed by atoms with Crippen molar-refractivity contribution in [3.8, 4) is 11.1 Å². The molecule has 0 radical (unpaired) electrons. The van der Waals surface area contributed by atoms with Crippen LogP contribution in [0.3, 0.4) is 0 Å². The third-order valence-corrected chi connectivity index (χ3v) is 6.97. The molecule has 1 heteroatoms. The Morgan fingerprint density at radius 2 is 0.939 bits per heavy atom. The number of rotatable bonds is 1. The minimum atomic E-state index is 1.07. The topological polar surface area (TPSA) is 12.9 Å². The van der Waals surface area contributed by atoms with E-state index >= 15 is 0 Å². The lowest BCUT2D eigenvalue weighted by atomic mass is 9.89. The van der Waals surface area contributed by atoms with Crippen LogP contribution in [-0.4, -0.2) is 4.98 Å². The highest BCUT2D eigenvalue weighted by Gasteiger charge is 2.17. The van der Waals surface area contributed by atoms with E-state index in [0.717, 1.165) is 11.0 Å². The molecule has 0 spiro atoms. The van der Waals surface area contributed by atoms with Crippen LogP contribution < -0.4 is 0 Å². The summed E-state index contributed by atoms with van der Waals surface area (Å²) in [5.41, 5.74) is 5.96. The normalized spacial score (nSPS) is 11.8. The molecule has 6 aromatic carbocycles. The fourth-order valence-electron chi connectivity index (χ4n) is 5.37. The third-order valence-electron chi connectivity index (χ3n) is 6.97. The minimum absolute atomic E-state index is 1.07. The number of aryl methyl sites for hydroxylation is 1. The highest BCUT2D eigenvalue weighted by molar-refractivity contribution is 6.23. The molecule has 1 nitrogen and oxygen atoms in total. The summed E-state index contributed by atoms with van der Waals surface area (Å²) >= 11 is 0.